The van der Waals surface area contributed by atoms with Gasteiger partial charge in [-0.25, -0.2) is 8.42 Å². The van der Waals surface area contributed by atoms with Crippen molar-refractivity contribution in [1.29, 1.82) is 0 Å². The number of sulfone groups is 1. The van der Waals surface area contributed by atoms with Crippen LogP contribution in [0.1, 0.15) is 29.4 Å². The Morgan fingerprint density at radius 2 is 1.76 bits per heavy atom. The van der Waals surface area contributed by atoms with Crippen molar-refractivity contribution in [2.24, 2.45) is 0 Å². The van der Waals surface area contributed by atoms with Crippen LogP contribution in [0.2, 0.25) is 0 Å². The van der Waals surface area contributed by atoms with E-state index >= 15 is 0 Å². The second kappa shape index (κ2) is 9.49. The first-order valence-electron chi connectivity index (χ1n) is 10.2. The largest absolute Gasteiger partial charge is 0.484 e. The number of likely N-dealkylation sites (tertiary alicyclic amines) is 1. The van der Waals surface area contributed by atoms with Crippen LogP contribution in [0.3, 0.4) is 0 Å². The number of amides is 1. The summed E-state index contributed by atoms with van der Waals surface area (Å²) in [5.74, 6) is 2.95. The second-order valence-corrected chi connectivity index (χ2v) is 12.7. The van der Waals surface area contributed by atoms with E-state index in [0.29, 0.717) is 10.3 Å². The van der Waals surface area contributed by atoms with Crippen LogP contribution < -0.4 is 10.1 Å². The maximum Gasteiger partial charge on any atom is 0.258 e. The lowest BCUT2D eigenvalue weighted by molar-refractivity contribution is -0.124. The molecule has 0 radical (unpaired) electrons. The highest BCUT2D eigenvalue weighted by molar-refractivity contribution is 8.16. The molecule has 160 valence electrons. The smallest absolute Gasteiger partial charge is 0.258 e. The van der Waals surface area contributed by atoms with Crippen LogP contribution >= 0.6 is 23.5 Å². The van der Waals surface area contributed by atoms with Crippen LogP contribution in [-0.2, 0) is 14.6 Å². The number of nitrogens with zero attached hydrogens (tertiary/aromatic N) is 1. The second-order valence-electron chi connectivity index (χ2n) is 7.85. The van der Waals surface area contributed by atoms with Crippen molar-refractivity contribution in [2.75, 3.05) is 42.7 Å². The molecule has 1 aromatic rings. The van der Waals surface area contributed by atoms with Crippen LogP contribution in [0, 0.1) is 0 Å². The Labute approximate surface area is 181 Å². The number of carbonyl (C=O) groups excluding carboxylic acids is 1. The lowest BCUT2D eigenvalue weighted by Gasteiger charge is -2.28. The molecule has 1 amide bonds. The van der Waals surface area contributed by atoms with E-state index in [1.165, 1.54) is 23.5 Å². The number of rotatable bonds is 6. The summed E-state index contributed by atoms with van der Waals surface area (Å²) in [7, 11) is -3.11. The van der Waals surface area contributed by atoms with Crippen LogP contribution in [0.15, 0.2) is 24.3 Å². The van der Waals surface area contributed by atoms with Gasteiger partial charge in [-0.3, -0.25) is 9.69 Å². The summed E-state index contributed by atoms with van der Waals surface area (Å²) in [6, 6.07) is 7.48. The number of carbonyl (C=O) groups is 1. The molecule has 3 aliphatic rings. The average Bonchev–Trinajstić information content (AvgIpc) is 3.35. The van der Waals surface area contributed by atoms with Crippen molar-refractivity contribution in [2.45, 2.75) is 35.9 Å². The van der Waals surface area contributed by atoms with Gasteiger partial charge in [0.25, 0.3) is 5.91 Å². The zero-order chi connectivity index (χ0) is 20.3. The molecule has 3 heterocycles. The van der Waals surface area contributed by atoms with E-state index in [2.05, 4.69) is 22.3 Å². The molecule has 3 saturated heterocycles. The van der Waals surface area contributed by atoms with E-state index in [-0.39, 0.29) is 36.1 Å². The van der Waals surface area contributed by atoms with Gasteiger partial charge in [-0.1, -0.05) is 12.1 Å². The van der Waals surface area contributed by atoms with Crippen LogP contribution in [-0.4, -0.2) is 74.0 Å². The zero-order valence-corrected chi connectivity index (χ0v) is 18.9. The van der Waals surface area contributed by atoms with Crippen molar-refractivity contribution in [3.8, 4) is 5.75 Å². The first-order valence-corrected chi connectivity index (χ1v) is 14.1. The van der Waals surface area contributed by atoms with Gasteiger partial charge in [0.05, 0.1) is 22.1 Å². The number of hydrogen-bond acceptors (Lipinski definition) is 7. The maximum atomic E-state index is 12.4. The third-order valence-corrected chi connectivity index (χ3v) is 10.4. The van der Waals surface area contributed by atoms with Gasteiger partial charge in [0.15, 0.2) is 16.4 Å². The van der Waals surface area contributed by atoms with Gasteiger partial charge in [-0.2, -0.15) is 0 Å². The summed E-state index contributed by atoms with van der Waals surface area (Å²) >= 11 is 3.95. The van der Waals surface area contributed by atoms with E-state index in [9.17, 15) is 13.2 Å². The first-order chi connectivity index (χ1) is 14.0. The molecular weight excluding hydrogens is 428 g/mol. The van der Waals surface area contributed by atoms with Crippen molar-refractivity contribution < 1.29 is 17.9 Å². The lowest BCUT2D eigenvalue weighted by Crippen LogP contribution is -2.51. The molecule has 1 N–H and O–H groups in total. The van der Waals surface area contributed by atoms with Crippen LogP contribution in [0.5, 0.6) is 5.75 Å². The van der Waals surface area contributed by atoms with Gasteiger partial charge in [0, 0.05) is 6.04 Å². The third kappa shape index (κ3) is 5.62. The summed E-state index contributed by atoms with van der Waals surface area (Å²) in [5.41, 5.74) is 1.28. The lowest BCUT2D eigenvalue weighted by atomic mass is 10.1. The van der Waals surface area contributed by atoms with Gasteiger partial charge in [-0.15, -0.1) is 23.5 Å². The molecule has 4 rings (SSSR count). The van der Waals surface area contributed by atoms with Crippen LogP contribution in [0.4, 0.5) is 0 Å². The number of thioether (sulfide) groups is 2. The van der Waals surface area contributed by atoms with Gasteiger partial charge in [0.1, 0.15) is 5.75 Å². The highest BCUT2D eigenvalue weighted by atomic mass is 32.2. The highest BCUT2D eigenvalue weighted by Crippen LogP contribution is 2.43. The summed E-state index contributed by atoms with van der Waals surface area (Å²) < 4.78 is 30.4. The molecule has 6 nitrogen and oxygen atoms in total. The molecular formula is C20H28N2O4S3. The fourth-order valence-electron chi connectivity index (χ4n) is 4.20. The Morgan fingerprint density at radius 3 is 2.45 bits per heavy atom. The first kappa shape index (κ1) is 21.3. The Balaban J connectivity index is 1.29. The summed E-state index contributed by atoms with van der Waals surface area (Å²) in [6.45, 7) is 1.72. The molecule has 0 spiro atoms. The predicted molar refractivity (Wildman–Crippen MR) is 119 cm³/mol. The standard InChI is InChI=1S/C20H28N2O4S3/c23-19(21-17-13-29(24,25)14-18(17)22-8-1-2-9-22)12-26-16-6-4-15(5-7-16)20-27-10-3-11-28-20/h4-7,17-18,20H,1-3,8-14H2,(H,21,23). The average molecular weight is 457 g/mol. The molecule has 0 saturated carbocycles. The Kier molecular flexibility index (Phi) is 6.98. The summed E-state index contributed by atoms with van der Waals surface area (Å²) in [5, 5.41) is 2.90. The molecule has 3 aliphatic heterocycles. The Bertz CT molecular complexity index is 804. The van der Waals surface area contributed by atoms with Crippen molar-refractivity contribution in [1.82, 2.24) is 10.2 Å². The van der Waals surface area contributed by atoms with E-state index < -0.39 is 9.84 Å². The van der Waals surface area contributed by atoms with Crippen molar-refractivity contribution >= 4 is 39.3 Å². The molecule has 0 aliphatic carbocycles. The number of ether oxygens (including phenoxy) is 1. The van der Waals surface area contributed by atoms with Gasteiger partial charge in [-0.05, 0) is 61.6 Å². The summed E-state index contributed by atoms with van der Waals surface area (Å²) in [4.78, 5) is 14.6. The number of benzene rings is 1. The molecule has 2 unspecified atom stereocenters. The van der Waals surface area contributed by atoms with E-state index in [1.807, 2.05) is 35.7 Å². The van der Waals surface area contributed by atoms with Gasteiger partial charge in [0.2, 0.25) is 0 Å². The molecule has 1 aromatic carbocycles. The fraction of sp³-hybridized carbons (Fsp3) is 0.650. The zero-order valence-electron chi connectivity index (χ0n) is 16.4. The minimum absolute atomic E-state index is 0.0192. The number of hydrogen-bond donors (Lipinski definition) is 1. The Morgan fingerprint density at radius 1 is 1.07 bits per heavy atom. The third-order valence-electron chi connectivity index (χ3n) is 5.63. The van der Waals surface area contributed by atoms with Crippen LogP contribution in [0.25, 0.3) is 0 Å². The van der Waals surface area contributed by atoms with Crippen molar-refractivity contribution in [3.05, 3.63) is 29.8 Å². The molecule has 9 heteroatoms. The SMILES string of the molecule is O=C(COc1ccc(C2SCCCS2)cc1)NC1CS(=O)(=O)CC1N1CCCC1. The monoisotopic (exact) mass is 456 g/mol. The van der Waals surface area contributed by atoms with E-state index in [1.54, 1.807) is 0 Å². The fourth-order valence-corrected chi connectivity index (χ4v) is 9.05. The van der Waals surface area contributed by atoms with E-state index in [0.717, 1.165) is 25.9 Å². The maximum absolute atomic E-state index is 12.4. The van der Waals surface area contributed by atoms with Gasteiger partial charge < -0.3 is 10.1 Å². The van der Waals surface area contributed by atoms with Gasteiger partial charge >= 0.3 is 0 Å². The molecule has 29 heavy (non-hydrogen) atoms. The summed E-state index contributed by atoms with van der Waals surface area (Å²) in [6.07, 6.45) is 3.45. The molecule has 0 aromatic heterocycles. The normalized spacial score (nSPS) is 27.7. The topological polar surface area (TPSA) is 75.7 Å². The minimum atomic E-state index is -3.11. The molecule has 3 fully saturated rings. The highest BCUT2D eigenvalue weighted by Gasteiger charge is 2.42. The molecule has 0 bridgehead atoms. The predicted octanol–water partition coefficient (Wildman–Crippen LogP) is 2.31. The Hall–Kier alpha value is -0.900. The quantitative estimate of drug-likeness (QED) is 0.704. The molecule has 2 atom stereocenters. The number of nitrogens with one attached hydrogen (secondary N) is 1. The minimum Gasteiger partial charge on any atom is -0.484 e. The van der Waals surface area contributed by atoms with Crippen molar-refractivity contribution in [3.63, 3.8) is 0 Å². The van der Waals surface area contributed by atoms with E-state index in [4.69, 9.17) is 4.74 Å².